The van der Waals surface area contributed by atoms with Crippen LogP contribution in [0, 0.1) is 0 Å². The summed E-state index contributed by atoms with van der Waals surface area (Å²) in [6.45, 7) is 12.4. The number of nitrogens with two attached hydrogens (primary N) is 2. The maximum atomic E-state index is 13.5. The van der Waals surface area contributed by atoms with Crippen molar-refractivity contribution in [2.45, 2.75) is 84.3 Å². The first-order valence-corrected chi connectivity index (χ1v) is 22.0. The minimum absolute atomic E-state index is 0.0919. The Labute approximate surface area is 347 Å². The van der Waals surface area contributed by atoms with Gasteiger partial charge < -0.3 is 36.0 Å². The number of hydrogen-bond acceptors (Lipinski definition) is 7. The fraction of sp³-hybridized carbons (Fsp3) is 0.405. The number of anilines is 1. The highest BCUT2D eigenvalue weighted by Crippen LogP contribution is 2.59. The number of rotatable bonds is 6. The van der Waals surface area contributed by atoms with E-state index in [1.54, 1.807) is 16.7 Å². The molecular weight excluding hydrogens is 804 g/mol. The molecule has 13 nitrogen and oxygen atoms in total. The van der Waals surface area contributed by atoms with E-state index in [-0.39, 0.29) is 33.9 Å². The van der Waals surface area contributed by atoms with Crippen molar-refractivity contribution in [3.05, 3.63) is 88.8 Å². The van der Waals surface area contributed by atoms with Crippen molar-refractivity contribution in [2.75, 3.05) is 31.1 Å². The van der Waals surface area contributed by atoms with Crippen LogP contribution in [0.1, 0.15) is 93.4 Å². The van der Waals surface area contributed by atoms with Crippen LogP contribution in [-0.4, -0.2) is 81.8 Å². The fourth-order valence-corrected chi connectivity index (χ4v) is 8.32. The molecule has 7 rings (SSSR count). The number of thiophene rings is 1. The number of carbonyl (C=O) groups is 5. The number of nitrogens with zero attached hydrogens (tertiary/aromatic N) is 3. The van der Waals surface area contributed by atoms with E-state index < -0.39 is 24.7 Å². The number of fused-ring (bicyclic) bond motifs is 3. The Morgan fingerprint density at radius 1 is 0.864 bits per heavy atom. The first-order chi connectivity index (χ1) is 28.0. The van der Waals surface area contributed by atoms with Crippen LogP contribution in [-0.2, 0) is 29.4 Å². The Bertz CT molecular complexity index is 2130. The zero-order valence-corrected chi connectivity index (χ0v) is 35.7. The maximum absolute atomic E-state index is 13.5. The lowest BCUT2D eigenvalue weighted by molar-refractivity contribution is -0.136. The number of benzene rings is 3. The van der Waals surface area contributed by atoms with Gasteiger partial charge in [0.2, 0.25) is 24.1 Å². The van der Waals surface area contributed by atoms with Crippen LogP contribution in [0.5, 0.6) is 0 Å². The molecular formula is C42H54F2N5O8PS. The first-order valence-electron chi connectivity index (χ1n) is 19.5. The Hall–Kier alpha value is -5.02. The van der Waals surface area contributed by atoms with E-state index in [0.717, 1.165) is 84.6 Å². The second-order valence-corrected chi connectivity index (χ2v) is 16.2. The Morgan fingerprint density at radius 3 is 2.14 bits per heavy atom. The van der Waals surface area contributed by atoms with E-state index in [4.69, 9.17) is 21.3 Å². The average molecular weight is 858 g/mol. The lowest BCUT2D eigenvalue weighted by Gasteiger charge is -2.31. The molecule has 2 fully saturated rings. The third-order valence-electron chi connectivity index (χ3n) is 9.89. The standard InChI is InChI=1S/C17H16N2O2.C11H18N2O2.C10H8F2NO4PS.2C2H6/c18-17(21)14-8-9-19(11-20)16-7-6-13(10-15(14)16)12-4-2-1-3-5-12;1-9(14)12-7-4-10-3-2-6-13(10)11(15)5-8-12;11-10(12,18(15,16)17)6-1-2-7-5(3-6)4-8(19-7)9(13)14;2*1-2/h1-7,10-11,14H,8-9H2,(H2,18,21);10H,2-8H2,1H3;1-4H,(H2,13,14)(H2,15,16,17);2*1-2H3. The molecule has 0 bridgehead atoms. The van der Waals surface area contributed by atoms with Gasteiger partial charge in [-0.15, -0.1) is 11.3 Å². The summed E-state index contributed by atoms with van der Waals surface area (Å²) in [6, 6.07) is 20.6. The molecule has 3 aliphatic rings. The van der Waals surface area contributed by atoms with Crippen LogP contribution in [0.15, 0.2) is 72.8 Å². The molecule has 0 aliphatic carbocycles. The van der Waals surface area contributed by atoms with Gasteiger partial charge in [0.15, 0.2) is 0 Å². The van der Waals surface area contributed by atoms with Crippen LogP contribution in [0.3, 0.4) is 0 Å². The molecule has 5 amide bonds. The minimum Gasteiger partial charge on any atom is -0.369 e. The van der Waals surface area contributed by atoms with Crippen molar-refractivity contribution in [3.8, 4) is 11.1 Å². The van der Waals surface area contributed by atoms with E-state index in [0.29, 0.717) is 36.7 Å². The summed E-state index contributed by atoms with van der Waals surface area (Å²) in [5.41, 5.74) is 9.22. The molecule has 3 aliphatic heterocycles. The molecule has 2 saturated heterocycles. The molecule has 1 aromatic heterocycles. The van der Waals surface area contributed by atoms with Gasteiger partial charge in [0.1, 0.15) is 0 Å². The van der Waals surface area contributed by atoms with Gasteiger partial charge in [0.25, 0.3) is 5.91 Å². The molecule has 320 valence electrons. The van der Waals surface area contributed by atoms with Gasteiger partial charge in [0.05, 0.1) is 10.8 Å². The third-order valence-corrected chi connectivity index (χ3v) is 12.0. The van der Waals surface area contributed by atoms with Gasteiger partial charge in [-0.1, -0.05) is 70.2 Å². The normalized spacial score (nSPS) is 17.4. The van der Waals surface area contributed by atoms with Gasteiger partial charge >= 0.3 is 13.3 Å². The van der Waals surface area contributed by atoms with E-state index in [1.165, 1.54) is 12.1 Å². The highest BCUT2D eigenvalue weighted by Gasteiger charge is 2.50. The predicted octanol–water partition coefficient (Wildman–Crippen LogP) is 7.19. The van der Waals surface area contributed by atoms with Crippen molar-refractivity contribution in [1.29, 1.82) is 0 Å². The topological polar surface area (TPSA) is 205 Å². The molecule has 59 heavy (non-hydrogen) atoms. The number of carbonyl (C=O) groups excluding carboxylic acids is 5. The second kappa shape index (κ2) is 21.8. The summed E-state index contributed by atoms with van der Waals surface area (Å²) in [7, 11) is -5.60. The molecule has 0 saturated carbocycles. The Balaban J connectivity index is 0.000000229. The van der Waals surface area contributed by atoms with Gasteiger partial charge in [-0.3, -0.25) is 28.5 Å². The largest absolute Gasteiger partial charge is 0.399 e. The summed E-state index contributed by atoms with van der Waals surface area (Å²) >= 11 is 1.02. The second-order valence-electron chi connectivity index (χ2n) is 13.4. The summed E-state index contributed by atoms with van der Waals surface area (Å²) in [6.07, 6.45) is 5.05. The lowest BCUT2D eigenvalue weighted by atomic mass is 9.87. The number of primary amides is 2. The van der Waals surface area contributed by atoms with E-state index in [1.807, 2.05) is 81.1 Å². The van der Waals surface area contributed by atoms with Crippen molar-refractivity contribution in [3.63, 3.8) is 0 Å². The highest BCUT2D eigenvalue weighted by atomic mass is 32.1. The molecule has 2 unspecified atom stereocenters. The van der Waals surface area contributed by atoms with Crippen molar-refractivity contribution in [1.82, 2.24) is 9.80 Å². The van der Waals surface area contributed by atoms with Crippen molar-refractivity contribution >= 4 is 64.7 Å². The molecule has 0 spiro atoms. The molecule has 6 N–H and O–H groups in total. The summed E-state index contributed by atoms with van der Waals surface area (Å²) < 4.78 is 38.3. The molecule has 4 heterocycles. The fourth-order valence-electron chi connectivity index (χ4n) is 6.94. The third kappa shape index (κ3) is 12.0. The number of amides is 5. The van der Waals surface area contributed by atoms with E-state index in [9.17, 15) is 37.3 Å². The molecule has 0 radical (unpaired) electrons. The number of hydrogen-bond donors (Lipinski definition) is 4. The molecule has 4 aromatic rings. The van der Waals surface area contributed by atoms with Crippen molar-refractivity contribution < 1.29 is 47.1 Å². The summed E-state index contributed by atoms with van der Waals surface area (Å²) in [5.74, 6) is -1.05. The van der Waals surface area contributed by atoms with Crippen LogP contribution in [0.25, 0.3) is 21.2 Å². The van der Waals surface area contributed by atoms with Crippen LogP contribution >= 0.6 is 18.9 Å². The van der Waals surface area contributed by atoms with E-state index >= 15 is 0 Å². The minimum atomic E-state index is -5.60. The zero-order valence-electron chi connectivity index (χ0n) is 34.0. The summed E-state index contributed by atoms with van der Waals surface area (Å²) in [4.78, 5) is 79.8. The lowest BCUT2D eigenvalue weighted by Crippen LogP contribution is -2.44. The van der Waals surface area contributed by atoms with Crippen LogP contribution in [0.2, 0.25) is 0 Å². The van der Waals surface area contributed by atoms with Gasteiger partial charge in [-0.25, -0.2) is 0 Å². The van der Waals surface area contributed by atoms with Gasteiger partial charge in [-0.2, -0.15) is 8.78 Å². The predicted molar refractivity (Wildman–Crippen MR) is 227 cm³/mol. The highest BCUT2D eigenvalue weighted by molar-refractivity contribution is 7.52. The van der Waals surface area contributed by atoms with E-state index in [2.05, 4.69) is 0 Å². The molecule has 17 heteroatoms. The SMILES string of the molecule is CC.CC.CC(=O)N1CCC(=O)N2CCCC2CC1.NC(=O)C1CCN(C=O)c2ccc(-c3ccccc3)cc21.NC(=O)c1cc2cc(C(F)(F)P(=O)(O)O)ccc2s1. The number of alkyl halides is 2. The monoisotopic (exact) mass is 857 g/mol. The molecule has 3 aromatic carbocycles. The zero-order chi connectivity index (χ0) is 44.1. The van der Waals surface area contributed by atoms with Gasteiger partial charge in [-0.05, 0) is 78.1 Å². The summed E-state index contributed by atoms with van der Waals surface area (Å²) in [5, 5.41) is 0.282. The quantitative estimate of drug-likeness (QED) is 0.115. The Kier molecular flexibility index (Phi) is 17.9. The van der Waals surface area contributed by atoms with Crippen molar-refractivity contribution in [2.24, 2.45) is 11.5 Å². The van der Waals surface area contributed by atoms with Crippen LogP contribution in [0.4, 0.5) is 14.5 Å². The average Bonchev–Trinajstić information content (AvgIpc) is 3.88. The van der Waals surface area contributed by atoms with Crippen LogP contribution < -0.4 is 16.4 Å². The number of halogens is 2. The smallest absolute Gasteiger partial charge is 0.369 e. The van der Waals surface area contributed by atoms with Gasteiger partial charge in [0, 0.05) is 61.5 Å². The maximum Gasteiger partial charge on any atom is 0.399 e. The Morgan fingerprint density at radius 2 is 1.54 bits per heavy atom. The molecule has 2 atom stereocenters. The first kappa shape index (κ1) is 48.3.